The maximum Gasteiger partial charge on any atom is 0.256 e. The Kier molecular flexibility index (Phi) is 12.5. The van der Waals surface area contributed by atoms with E-state index in [1.54, 1.807) is 0 Å². The molecular formula is C22H36N2O4S. The number of hydrogen-bond acceptors (Lipinski definition) is 3. The van der Waals surface area contributed by atoms with Crippen molar-refractivity contribution in [2.75, 3.05) is 0 Å². The van der Waals surface area contributed by atoms with Gasteiger partial charge in [0.15, 0.2) is 0 Å². The van der Waals surface area contributed by atoms with Crippen molar-refractivity contribution in [1.29, 1.82) is 0 Å². The molecule has 29 heavy (non-hydrogen) atoms. The molecule has 0 fully saturated rings. The van der Waals surface area contributed by atoms with Gasteiger partial charge in [-0.05, 0) is 12.0 Å². The second-order valence-electron chi connectivity index (χ2n) is 7.44. The minimum atomic E-state index is -4.92. The first kappa shape index (κ1) is 25.3. The highest BCUT2D eigenvalue weighted by molar-refractivity contribution is 7.79. The van der Waals surface area contributed by atoms with Crippen molar-refractivity contribution < 1.29 is 22.1 Å². The average molecular weight is 425 g/mol. The van der Waals surface area contributed by atoms with Gasteiger partial charge in [0, 0.05) is 6.42 Å². The van der Waals surface area contributed by atoms with Gasteiger partial charge in [-0.2, -0.15) is 0 Å². The zero-order valence-electron chi connectivity index (χ0n) is 17.8. The molecule has 0 unspecified atom stereocenters. The molecule has 1 aromatic heterocycles. The summed E-state index contributed by atoms with van der Waals surface area (Å²) in [6.45, 7) is 3.27. The van der Waals surface area contributed by atoms with E-state index in [2.05, 4.69) is 65.8 Å². The van der Waals surface area contributed by atoms with Gasteiger partial charge in [-0.25, -0.2) is 17.6 Å². The van der Waals surface area contributed by atoms with Crippen LogP contribution in [0.2, 0.25) is 0 Å². The maximum absolute atomic E-state index is 8.63. The van der Waals surface area contributed by atoms with E-state index in [0.29, 0.717) is 0 Å². The molecule has 0 atom stereocenters. The Morgan fingerprint density at radius 3 is 2.03 bits per heavy atom. The molecule has 0 aliphatic heterocycles. The average Bonchev–Trinajstić information content (AvgIpc) is 2.99. The fourth-order valence-corrected chi connectivity index (χ4v) is 3.39. The molecule has 7 heteroatoms. The van der Waals surface area contributed by atoms with Gasteiger partial charge in [0.2, 0.25) is 10.4 Å². The lowest BCUT2D eigenvalue weighted by Gasteiger charge is -2.04. The lowest BCUT2D eigenvalue weighted by molar-refractivity contribution is -0.678. The molecule has 1 aromatic carbocycles. The largest absolute Gasteiger partial charge is 0.726 e. The Morgan fingerprint density at radius 1 is 0.966 bits per heavy atom. The normalized spacial score (nSPS) is 11.2. The van der Waals surface area contributed by atoms with Crippen molar-refractivity contribution in [2.24, 2.45) is 7.05 Å². The minimum Gasteiger partial charge on any atom is -0.726 e. The van der Waals surface area contributed by atoms with Crippen LogP contribution in [-0.4, -0.2) is 22.1 Å². The number of aromatic nitrogens is 2. The third kappa shape index (κ3) is 13.2. The van der Waals surface area contributed by atoms with E-state index in [-0.39, 0.29) is 0 Å². The first-order chi connectivity index (χ1) is 13.8. The number of unbranched alkanes of at least 4 members (excludes halogenated alkanes) is 8. The first-order valence-corrected chi connectivity index (χ1v) is 11.9. The van der Waals surface area contributed by atoms with Crippen LogP contribution in [0, 0.1) is 0 Å². The monoisotopic (exact) mass is 424 g/mol. The summed E-state index contributed by atoms with van der Waals surface area (Å²) in [5.41, 5.74) is 1.38. The molecule has 0 aliphatic rings. The van der Waals surface area contributed by atoms with Crippen molar-refractivity contribution in [2.45, 2.75) is 77.7 Å². The molecule has 1 N–H and O–H groups in total. The standard InChI is InChI=1S/C22H35N2.H2O4S/c1-3-4-5-6-7-8-9-10-14-17-22-23(2)18-19-24(22)20-21-15-12-11-13-16-21;1-5(2,3)4/h11-13,15-16,18-19H,3-10,14,17,20H2,1-2H3;(H2,1,2,3,4)/q+1;/p-1. The summed E-state index contributed by atoms with van der Waals surface area (Å²) in [5, 5.41) is 0. The van der Waals surface area contributed by atoms with Crippen molar-refractivity contribution >= 4 is 10.4 Å². The summed E-state index contributed by atoms with van der Waals surface area (Å²) in [4.78, 5) is 0. The topological polar surface area (TPSA) is 86.2 Å². The smallest absolute Gasteiger partial charge is 0.256 e. The van der Waals surface area contributed by atoms with Crippen LogP contribution in [0.4, 0.5) is 0 Å². The second-order valence-corrected chi connectivity index (χ2v) is 8.30. The number of hydrogen-bond donors (Lipinski definition) is 1. The van der Waals surface area contributed by atoms with Gasteiger partial charge in [-0.3, -0.25) is 4.55 Å². The fourth-order valence-electron chi connectivity index (χ4n) is 3.39. The SMILES string of the molecule is CCCCCCCCCCCc1n(Cc2ccccc2)cc[n+]1C.O=S(=O)([O-])O. The third-order valence-electron chi connectivity index (χ3n) is 4.91. The molecule has 2 aromatic rings. The first-order valence-electron chi connectivity index (χ1n) is 10.6. The van der Waals surface area contributed by atoms with Gasteiger partial charge in [-0.15, -0.1) is 0 Å². The Bertz CT molecular complexity index is 765. The van der Waals surface area contributed by atoms with E-state index in [0.717, 1.165) is 6.54 Å². The van der Waals surface area contributed by atoms with Crippen LogP contribution >= 0.6 is 0 Å². The Labute approximate surface area is 176 Å². The zero-order chi connectivity index (χ0) is 21.5. The van der Waals surface area contributed by atoms with E-state index < -0.39 is 10.4 Å². The summed E-state index contributed by atoms with van der Waals surface area (Å²) in [7, 11) is -2.75. The number of nitrogens with zero attached hydrogens (tertiary/aromatic N) is 2. The van der Waals surface area contributed by atoms with Gasteiger partial charge in [0.05, 0.1) is 7.05 Å². The van der Waals surface area contributed by atoms with Crippen molar-refractivity contribution in [3.05, 3.63) is 54.1 Å². The Balaban J connectivity index is 0.000000749. The summed E-state index contributed by atoms with van der Waals surface area (Å²) >= 11 is 0. The highest BCUT2D eigenvalue weighted by Gasteiger charge is 2.14. The van der Waals surface area contributed by atoms with Crippen molar-refractivity contribution in [3.63, 3.8) is 0 Å². The Hall–Kier alpha value is -1.70. The van der Waals surface area contributed by atoms with E-state index in [9.17, 15) is 0 Å². The molecule has 0 saturated heterocycles. The molecule has 1 heterocycles. The molecule has 2 rings (SSSR count). The summed E-state index contributed by atoms with van der Waals surface area (Å²) in [6.07, 6.45) is 18.1. The predicted octanol–water partition coefficient (Wildman–Crippen LogP) is 4.44. The number of aryl methyl sites for hydroxylation is 1. The lowest BCUT2D eigenvalue weighted by Crippen LogP contribution is -2.32. The molecule has 0 radical (unpaired) electrons. The zero-order valence-corrected chi connectivity index (χ0v) is 18.6. The fraction of sp³-hybridized carbons (Fsp3) is 0.591. The Morgan fingerprint density at radius 2 is 1.48 bits per heavy atom. The van der Waals surface area contributed by atoms with Crippen molar-refractivity contribution in [3.8, 4) is 0 Å². The summed E-state index contributed by atoms with van der Waals surface area (Å²) in [5.74, 6) is 1.45. The predicted molar refractivity (Wildman–Crippen MR) is 114 cm³/mol. The molecule has 0 aliphatic carbocycles. The van der Waals surface area contributed by atoms with Gasteiger partial charge < -0.3 is 4.55 Å². The third-order valence-corrected chi connectivity index (χ3v) is 4.91. The van der Waals surface area contributed by atoms with Crippen LogP contribution in [0.25, 0.3) is 0 Å². The van der Waals surface area contributed by atoms with Gasteiger partial charge in [-0.1, -0.05) is 88.6 Å². The van der Waals surface area contributed by atoms with Gasteiger partial charge in [0.25, 0.3) is 5.82 Å². The van der Waals surface area contributed by atoms with E-state index in [4.69, 9.17) is 17.5 Å². The molecule has 0 saturated carbocycles. The number of benzene rings is 1. The van der Waals surface area contributed by atoms with Crippen LogP contribution in [0.15, 0.2) is 42.7 Å². The van der Waals surface area contributed by atoms with E-state index in [1.807, 2.05) is 0 Å². The van der Waals surface area contributed by atoms with Crippen LogP contribution in [0.3, 0.4) is 0 Å². The van der Waals surface area contributed by atoms with Gasteiger partial charge in [0.1, 0.15) is 18.9 Å². The molecule has 0 spiro atoms. The molecule has 6 nitrogen and oxygen atoms in total. The molecular weight excluding hydrogens is 388 g/mol. The molecule has 0 bridgehead atoms. The molecule has 164 valence electrons. The molecule has 0 amide bonds. The van der Waals surface area contributed by atoms with E-state index >= 15 is 0 Å². The quantitative estimate of drug-likeness (QED) is 0.236. The summed E-state index contributed by atoms with van der Waals surface area (Å²) < 4.78 is 37.5. The van der Waals surface area contributed by atoms with Crippen LogP contribution < -0.4 is 4.57 Å². The van der Waals surface area contributed by atoms with Gasteiger partial charge >= 0.3 is 0 Å². The van der Waals surface area contributed by atoms with E-state index in [1.165, 1.54) is 75.6 Å². The van der Waals surface area contributed by atoms with Crippen molar-refractivity contribution in [1.82, 2.24) is 4.57 Å². The number of imidazole rings is 1. The summed E-state index contributed by atoms with van der Waals surface area (Å²) in [6, 6.07) is 10.8. The van der Waals surface area contributed by atoms with Crippen LogP contribution in [-0.2, 0) is 30.4 Å². The highest BCUT2D eigenvalue weighted by Crippen LogP contribution is 2.12. The maximum atomic E-state index is 8.63. The highest BCUT2D eigenvalue weighted by atomic mass is 32.3. The minimum absolute atomic E-state index is 0.981. The lowest BCUT2D eigenvalue weighted by atomic mass is 10.1. The van der Waals surface area contributed by atoms with Crippen LogP contribution in [0.1, 0.15) is 76.1 Å². The number of rotatable bonds is 12. The second kappa shape index (κ2) is 14.3. The van der Waals surface area contributed by atoms with Crippen LogP contribution in [0.5, 0.6) is 0 Å².